The predicted octanol–water partition coefficient (Wildman–Crippen LogP) is -0.793. The Morgan fingerprint density at radius 1 is 1.58 bits per heavy atom. The van der Waals surface area contributed by atoms with Gasteiger partial charge in [-0.25, -0.2) is 0 Å². The Morgan fingerprint density at radius 2 is 2.50 bits per heavy atom. The second-order valence-electron chi connectivity index (χ2n) is 3.29. The summed E-state index contributed by atoms with van der Waals surface area (Å²) in [6, 6.07) is 0.418. The van der Waals surface area contributed by atoms with Gasteiger partial charge < -0.3 is 15.0 Å². The van der Waals surface area contributed by atoms with Crippen LogP contribution in [0.3, 0.4) is 0 Å². The van der Waals surface area contributed by atoms with Crippen molar-refractivity contribution >= 4 is 5.91 Å². The van der Waals surface area contributed by atoms with Crippen molar-refractivity contribution < 1.29 is 9.53 Å². The topological polar surface area (TPSA) is 41.6 Å². The highest BCUT2D eigenvalue weighted by Crippen LogP contribution is 2.11. The number of nitrogens with zero attached hydrogens (tertiary/aromatic N) is 1. The molecule has 12 heavy (non-hydrogen) atoms. The van der Waals surface area contributed by atoms with E-state index in [0.29, 0.717) is 12.6 Å². The first-order valence-electron chi connectivity index (χ1n) is 4.46. The van der Waals surface area contributed by atoms with Gasteiger partial charge in [-0.15, -0.1) is 0 Å². The Morgan fingerprint density at radius 3 is 3.17 bits per heavy atom. The van der Waals surface area contributed by atoms with Crippen LogP contribution in [0.1, 0.15) is 6.42 Å². The summed E-state index contributed by atoms with van der Waals surface area (Å²) in [5.41, 5.74) is 0. The van der Waals surface area contributed by atoms with E-state index in [2.05, 4.69) is 5.32 Å². The maximum atomic E-state index is 11.4. The van der Waals surface area contributed by atoms with E-state index in [9.17, 15) is 4.79 Å². The minimum Gasteiger partial charge on any atom is -0.370 e. The van der Waals surface area contributed by atoms with E-state index in [-0.39, 0.29) is 12.5 Å². The minimum absolute atomic E-state index is 0.148. The molecule has 2 aliphatic heterocycles. The number of ether oxygens (including phenoxy) is 1. The largest absolute Gasteiger partial charge is 0.370 e. The van der Waals surface area contributed by atoms with Crippen LogP contribution in [0.25, 0.3) is 0 Å². The molecule has 0 spiro atoms. The fraction of sp³-hybridized carbons (Fsp3) is 0.875. The fourth-order valence-electron chi connectivity index (χ4n) is 1.82. The molecule has 2 heterocycles. The average Bonchev–Trinajstić information content (AvgIpc) is 2.57. The van der Waals surface area contributed by atoms with E-state index in [4.69, 9.17) is 4.74 Å². The Hall–Kier alpha value is -0.610. The molecule has 1 N–H and O–H groups in total. The van der Waals surface area contributed by atoms with Gasteiger partial charge in [-0.3, -0.25) is 4.79 Å². The van der Waals surface area contributed by atoms with Crippen LogP contribution in [-0.4, -0.2) is 49.7 Å². The summed E-state index contributed by atoms with van der Waals surface area (Å²) in [6.45, 7) is 3.73. The monoisotopic (exact) mass is 170 g/mol. The van der Waals surface area contributed by atoms with Crippen molar-refractivity contribution in [3.8, 4) is 0 Å². The summed E-state index contributed by atoms with van der Waals surface area (Å²) in [4.78, 5) is 13.3. The van der Waals surface area contributed by atoms with Gasteiger partial charge in [0.25, 0.3) is 0 Å². The number of amides is 1. The molecule has 2 saturated heterocycles. The van der Waals surface area contributed by atoms with E-state index in [0.717, 1.165) is 26.1 Å². The first-order valence-corrected chi connectivity index (χ1v) is 4.46. The zero-order valence-electron chi connectivity index (χ0n) is 7.08. The molecule has 4 heteroatoms. The molecule has 2 rings (SSSR count). The SMILES string of the molecule is O=C1COCCN1C1CCNC1. The van der Waals surface area contributed by atoms with Crippen LogP contribution in [-0.2, 0) is 9.53 Å². The molecule has 2 aliphatic rings. The normalized spacial score (nSPS) is 31.2. The zero-order chi connectivity index (χ0) is 8.39. The molecule has 2 fully saturated rings. The first kappa shape index (κ1) is 8.01. The Kier molecular flexibility index (Phi) is 2.28. The average molecular weight is 170 g/mol. The van der Waals surface area contributed by atoms with Crippen molar-refractivity contribution in [2.75, 3.05) is 32.8 Å². The Balaban J connectivity index is 1.95. The third kappa shape index (κ3) is 1.44. The molecule has 0 aromatic rings. The van der Waals surface area contributed by atoms with Crippen LogP contribution < -0.4 is 5.32 Å². The van der Waals surface area contributed by atoms with Gasteiger partial charge in [-0.05, 0) is 13.0 Å². The van der Waals surface area contributed by atoms with Gasteiger partial charge in [0.15, 0.2) is 0 Å². The summed E-state index contributed by atoms with van der Waals surface area (Å²) < 4.78 is 5.06. The lowest BCUT2D eigenvalue weighted by Crippen LogP contribution is -2.48. The first-order chi connectivity index (χ1) is 5.88. The van der Waals surface area contributed by atoms with Crippen molar-refractivity contribution in [1.82, 2.24) is 10.2 Å². The van der Waals surface area contributed by atoms with E-state index in [1.165, 1.54) is 0 Å². The number of hydrogen-bond donors (Lipinski definition) is 1. The molecule has 68 valence electrons. The van der Waals surface area contributed by atoms with Crippen LogP contribution in [0.15, 0.2) is 0 Å². The van der Waals surface area contributed by atoms with Crippen molar-refractivity contribution in [2.24, 2.45) is 0 Å². The summed E-state index contributed by atoms with van der Waals surface area (Å²) in [5.74, 6) is 0.148. The summed E-state index contributed by atoms with van der Waals surface area (Å²) in [7, 11) is 0. The van der Waals surface area contributed by atoms with E-state index < -0.39 is 0 Å². The fourth-order valence-corrected chi connectivity index (χ4v) is 1.82. The van der Waals surface area contributed by atoms with Crippen molar-refractivity contribution in [3.05, 3.63) is 0 Å². The lowest BCUT2D eigenvalue weighted by atomic mass is 10.2. The highest BCUT2D eigenvalue weighted by atomic mass is 16.5. The summed E-state index contributed by atoms with van der Waals surface area (Å²) in [5, 5.41) is 3.26. The van der Waals surface area contributed by atoms with E-state index in [1.54, 1.807) is 0 Å². The maximum Gasteiger partial charge on any atom is 0.248 e. The molecule has 0 radical (unpaired) electrons. The zero-order valence-corrected chi connectivity index (χ0v) is 7.08. The Bertz CT molecular complexity index is 178. The molecular formula is C8H14N2O2. The van der Waals surface area contributed by atoms with Gasteiger partial charge in [0.05, 0.1) is 6.61 Å². The molecule has 1 atom stereocenters. The summed E-state index contributed by atoms with van der Waals surface area (Å²) in [6.07, 6.45) is 1.09. The molecule has 0 bridgehead atoms. The molecular weight excluding hydrogens is 156 g/mol. The second kappa shape index (κ2) is 3.41. The molecule has 1 unspecified atom stereocenters. The van der Waals surface area contributed by atoms with E-state index in [1.807, 2.05) is 4.90 Å². The second-order valence-corrected chi connectivity index (χ2v) is 3.29. The van der Waals surface area contributed by atoms with Gasteiger partial charge in [0, 0.05) is 19.1 Å². The van der Waals surface area contributed by atoms with Gasteiger partial charge in [-0.2, -0.15) is 0 Å². The van der Waals surface area contributed by atoms with Crippen LogP contribution in [0.5, 0.6) is 0 Å². The lowest BCUT2D eigenvalue weighted by molar-refractivity contribution is -0.145. The van der Waals surface area contributed by atoms with Crippen molar-refractivity contribution in [1.29, 1.82) is 0 Å². The Labute approximate surface area is 71.9 Å². The van der Waals surface area contributed by atoms with E-state index >= 15 is 0 Å². The number of hydrogen-bond acceptors (Lipinski definition) is 3. The molecule has 0 aromatic carbocycles. The van der Waals surface area contributed by atoms with Crippen LogP contribution >= 0.6 is 0 Å². The highest BCUT2D eigenvalue weighted by Gasteiger charge is 2.28. The third-order valence-corrected chi connectivity index (χ3v) is 2.50. The van der Waals surface area contributed by atoms with Crippen molar-refractivity contribution in [3.63, 3.8) is 0 Å². The predicted molar refractivity (Wildman–Crippen MR) is 43.8 cm³/mol. The van der Waals surface area contributed by atoms with Gasteiger partial charge in [-0.1, -0.05) is 0 Å². The van der Waals surface area contributed by atoms with Gasteiger partial charge >= 0.3 is 0 Å². The number of carbonyl (C=O) groups excluding carboxylic acids is 1. The van der Waals surface area contributed by atoms with Gasteiger partial charge in [0.1, 0.15) is 6.61 Å². The minimum atomic E-state index is 0.148. The molecule has 0 aliphatic carbocycles. The third-order valence-electron chi connectivity index (χ3n) is 2.50. The molecule has 0 saturated carbocycles. The quantitative estimate of drug-likeness (QED) is 0.560. The highest BCUT2D eigenvalue weighted by molar-refractivity contribution is 5.78. The van der Waals surface area contributed by atoms with Crippen LogP contribution in [0.4, 0.5) is 0 Å². The standard InChI is InChI=1S/C8H14N2O2/c11-8-6-12-4-3-10(8)7-1-2-9-5-7/h7,9H,1-6H2. The molecule has 0 aromatic heterocycles. The van der Waals surface area contributed by atoms with Gasteiger partial charge in [0.2, 0.25) is 5.91 Å². The van der Waals surface area contributed by atoms with Crippen molar-refractivity contribution in [2.45, 2.75) is 12.5 Å². The maximum absolute atomic E-state index is 11.4. The number of nitrogens with one attached hydrogen (secondary N) is 1. The lowest BCUT2D eigenvalue weighted by Gasteiger charge is -2.31. The number of morpholine rings is 1. The number of rotatable bonds is 1. The smallest absolute Gasteiger partial charge is 0.248 e. The molecule has 4 nitrogen and oxygen atoms in total. The van der Waals surface area contributed by atoms with Crippen LogP contribution in [0, 0.1) is 0 Å². The van der Waals surface area contributed by atoms with Crippen LogP contribution in [0.2, 0.25) is 0 Å². The molecule has 1 amide bonds. The summed E-state index contributed by atoms with van der Waals surface area (Å²) >= 11 is 0. The number of carbonyl (C=O) groups is 1.